The molecule has 2 N–H and O–H groups in total. The van der Waals surface area contributed by atoms with Crippen molar-refractivity contribution in [1.82, 2.24) is 39.4 Å². The second kappa shape index (κ2) is 14.7. The lowest BCUT2D eigenvalue weighted by Gasteiger charge is -2.24. The maximum absolute atomic E-state index is 15.5. The van der Waals surface area contributed by atoms with Gasteiger partial charge in [-0.3, -0.25) is 28.2 Å². The summed E-state index contributed by atoms with van der Waals surface area (Å²) < 4.78 is 119. The van der Waals surface area contributed by atoms with Crippen LogP contribution in [0.15, 0.2) is 53.3 Å². The minimum atomic E-state index is -3.91. The first-order valence-corrected chi connectivity index (χ1v) is 21.9. The van der Waals surface area contributed by atoms with Crippen molar-refractivity contribution in [3.05, 3.63) is 115 Å². The highest BCUT2D eigenvalue weighted by Crippen LogP contribution is 2.68. The molecule has 3 aromatic carbocycles. The van der Waals surface area contributed by atoms with E-state index < -0.39 is 87.7 Å². The van der Waals surface area contributed by atoms with Gasteiger partial charge in [0.1, 0.15) is 35.4 Å². The lowest BCUT2D eigenvalue weighted by atomic mass is 10.0. The third-order valence-electron chi connectivity index (χ3n) is 11.0. The van der Waals surface area contributed by atoms with Crippen molar-refractivity contribution in [3.63, 3.8) is 0 Å². The molecule has 2 aliphatic rings. The molecule has 4 heterocycles. The van der Waals surface area contributed by atoms with E-state index in [1.165, 1.54) is 35.2 Å². The molecule has 1 saturated carbocycles. The Labute approximate surface area is 356 Å². The Morgan fingerprint density at radius 1 is 1.05 bits per heavy atom. The lowest BCUT2D eigenvalue weighted by molar-refractivity contribution is -0.123. The van der Waals surface area contributed by atoms with Crippen molar-refractivity contribution in [2.45, 2.75) is 57.5 Å². The Balaban J connectivity index is 1.26. The first-order chi connectivity index (χ1) is 29.2. The van der Waals surface area contributed by atoms with Crippen LogP contribution in [0.5, 0.6) is 0 Å². The zero-order chi connectivity index (χ0) is 44.3. The highest BCUT2D eigenvalue weighted by molar-refractivity contribution is 7.92. The van der Waals surface area contributed by atoms with Crippen LogP contribution in [0.2, 0.25) is 5.02 Å². The molecule has 3 atom stereocenters. The smallest absolute Gasteiger partial charge is 0.293 e. The zero-order valence-corrected chi connectivity index (χ0v) is 35.2. The highest BCUT2D eigenvalue weighted by atomic mass is 35.5. The molecule has 0 aliphatic heterocycles. The van der Waals surface area contributed by atoms with Crippen LogP contribution in [0.4, 0.5) is 32.2 Å². The number of sulfonamides is 1. The fraction of sp³-hybridized carbons (Fsp3) is 0.300. The second-order valence-corrected chi connectivity index (χ2v) is 18.8. The largest absolute Gasteiger partial charge is 0.344 e. The van der Waals surface area contributed by atoms with Crippen LogP contribution in [-0.4, -0.2) is 54.7 Å². The number of alkyl halides is 4. The van der Waals surface area contributed by atoms with Crippen molar-refractivity contribution < 1.29 is 39.6 Å². The van der Waals surface area contributed by atoms with Crippen LogP contribution in [0.3, 0.4) is 0 Å². The first kappa shape index (κ1) is 41.5. The number of carbonyl (C=O) groups is 1. The standard InChI is InChI=1S/C40H32ClF6N9O4S2/c1-16-34(61-17(2)48-16)19-5-6-22-26(12-19)50-38(56(39(22)58)28-8-7-25(41)31-33(28)54(3)52-37(31)53-62(4,59)60)27(11-18-9-20(42)13-21(43)10-18)49-29(57)15-55-35-30(32(51-55)36(44)45)23-14-24(23)40(35,46)47/h5-10,12-13,23-24,27,36H,11,14-15H2,1-4H3,(H,49,57)(H,52,53)/t23-,24+,27-/m0/s1. The summed E-state index contributed by atoms with van der Waals surface area (Å²) >= 11 is 8.03. The molecule has 0 saturated heterocycles. The van der Waals surface area contributed by atoms with Gasteiger partial charge in [0.25, 0.3) is 17.9 Å². The van der Waals surface area contributed by atoms with E-state index >= 15 is 13.6 Å². The number of anilines is 1. The van der Waals surface area contributed by atoms with E-state index in [0.29, 0.717) is 22.0 Å². The van der Waals surface area contributed by atoms with Gasteiger partial charge in [-0.2, -0.15) is 19.0 Å². The summed E-state index contributed by atoms with van der Waals surface area (Å²) in [6.07, 6.45) is -2.75. The number of nitrogens with zero attached hydrogens (tertiary/aromatic N) is 7. The number of rotatable bonds is 11. The van der Waals surface area contributed by atoms with Gasteiger partial charge in [-0.25, -0.2) is 35.9 Å². The van der Waals surface area contributed by atoms with Crippen LogP contribution in [-0.2, 0) is 40.8 Å². The third-order valence-corrected chi connectivity index (χ3v) is 13.0. The predicted octanol–water partition coefficient (Wildman–Crippen LogP) is 7.76. The van der Waals surface area contributed by atoms with Crippen LogP contribution in [0.25, 0.3) is 37.9 Å². The van der Waals surface area contributed by atoms with E-state index in [2.05, 4.69) is 25.2 Å². The van der Waals surface area contributed by atoms with E-state index in [1.807, 2.05) is 13.8 Å². The Hall–Kier alpha value is -5.80. The number of nitrogens with one attached hydrogen (secondary N) is 2. The molecule has 22 heteroatoms. The predicted molar refractivity (Wildman–Crippen MR) is 219 cm³/mol. The van der Waals surface area contributed by atoms with Crippen LogP contribution >= 0.6 is 22.9 Å². The van der Waals surface area contributed by atoms with E-state index in [-0.39, 0.29) is 61.7 Å². The van der Waals surface area contributed by atoms with Gasteiger partial charge in [0.05, 0.1) is 60.4 Å². The quantitative estimate of drug-likeness (QED) is 0.125. The van der Waals surface area contributed by atoms with E-state index in [1.54, 1.807) is 18.2 Å². The van der Waals surface area contributed by atoms with Gasteiger partial charge in [0.2, 0.25) is 15.9 Å². The molecule has 4 aromatic heterocycles. The molecule has 0 bridgehead atoms. The molecule has 13 nitrogen and oxygen atoms in total. The van der Waals surface area contributed by atoms with Gasteiger partial charge in [0.15, 0.2) is 5.82 Å². The normalized spacial score (nSPS) is 17.2. The van der Waals surface area contributed by atoms with E-state index in [9.17, 15) is 30.8 Å². The fourth-order valence-corrected chi connectivity index (χ4v) is 10.2. The number of benzene rings is 3. The van der Waals surface area contributed by atoms with E-state index in [4.69, 9.17) is 16.6 Å². The molecule has 0 unspecified atom stereocenters. The molecule has 2 aliphatic carbocycles. The van der Waals surface area contributed by atoms with Gasteiger partial charge in [-0.1, -0.05) is 17.7 Å². The maximum atomic E-state index is 15.5. The third kappa shape index (κ3) is 7.08. The number of hydrogen-bond donors (Lipinski definition) is 2. The van der Waals surface area contributed by atoms with Crippen LogP contribution in [0.1, 0.15) is 63.8 Å². The second-order valence-electron chi connectivity index (χ2n) is 15.4. The summed E-state index contributed by atoms with van der Waals surface area (Å²) in [5.74, 6) is -8.96. The molecule has 0 radical (unpaired) electrons. The van der Waals surface area contributed by atoms with Crippen molar-refractivity contribution in [2.75, 3.05) is 11.0 Å². The van der Waals surface area contributed by atoms with Gasteiger partial charge in [-0.15, -0.1) is 11.3 Å². The lowest BCUT2D eigenvalue weighted by Crippen LogP contribution is -2.38. The van der Waals surface area contributed by atoms with Gasteiger partial charge in [0, 0.05) is 31.0 Å². The number of aromatic nitrogens is 7. The summed E-state index contributed by atoms with van der Waals surface area (Å²) in [6, 6.07) is 8.80. The topological polar surface area (TPSA) is 159 Å². The summed E-state index contributed by atoms with van der Waals surface area (Å²) in [4.78, 5) is 39.4. The zero-order valence-electron chi connectivity index (χ0n) is 32.8. The number of carbonyl (C=O) groups excluding carboxylic acids is 1. The average Bonchev–Trinajstić information content (AvgIpc) is 3.52. The molecule has 322 valence electrons. The highest BCUT2D eigenvalue weighted by Gasteiger charge is 2.67. The molecule has 7 aromatic rings. The number of fused-ring (bicyclic) bond motifs is 5. The number of halogens is 7. The van der Waals surface area contributed by atoms with Crippen molar-refractivity contribution in [1.29, 1.82) is 0 Å². The summed E-state index contributed by atoms with van der Waals surface area (Å²) in [7, 11) is -2.44. The van der Waals surface area contributed by atoms with E-state index in [0.717, 1.165) is 32.8 Å². The Morgan fingerprint density at radius 3 is 2.44 bits per heavy atom. The molecule has 9 rings (SSSR count). The molecular weight excluding hydrogens is 884 g/mol. The van der Waals surface area contributed by atoms with Crippen LogP contribution < -0.4 is 15.6 Å². The van der Waals surface area contributed by atoms with Gasteiger partial charge >= 0.3 is 0 Å². The number of amides is 1. The monoisotopic (exact) mass is 915 g/mol. The van der Waals surface area contributed by atoms with Crippen LogP contribution in [0, 0.1) is 31.4 Å². The first-order valence-electron chi connectivity index (χ1n) is 18.9. The Bertz CT molecular complexity index is 3200. The van der Waals surface area contributed by atoms with Gasteiger partial charge in [-0.05, 0) is 73.7 Å². The van der Waals surface area contributed by atoms with Crippen molar-refractivity contribution in [3.8, 4) is 16.1 Å². The number of thiazole rings is 1. The summed E-state index contributed by atoms with van der Waals surface area (Å²) in [5, 5.41) is 11.7. The molecule has 0 spiro atoms. The Morgan fingerprint density at radius 2 is 1.77 bits per heavy atom. The average molecular weight is 916 g/mol. The minimum absolute atomic E-state index is 0.000627. The van der Waals surface area contributed by atoms with Crippen molar-refractivity contribution in [2.24, 2.45) is 13.0 Å². The molecule has 1 fully saturated rings. The molecular formula is C40H32ClF6N9O4S2. The summed E-state index contributed by atoms with van der Waals surface area (Å²) in [6.45, 7) is 2.67. The minimum Gasteiger partial charge on any atom is -0.344 e. The molecule has 62 heavy (non-hydrogen) atoms. The summed E-state index contributed by atoms with van der Waals surface area (Å²) in [5.41, 5.74) is -1.03. The van der Waals surface area contributed by atoms with Crippen molar-refractivity contribution >= 4 is 66.5 Å². The Kier molecular flexibility index (Phi) is 9.82. The maximum Gasteiger partial charge on any atom is 0.293 e. The fourth-order valence-electron chi connectivity index (χ4n) is 8.52. The van der Waals surface area contributed by atoms with Gasteiger partial charge < -0.3 is 5.32 Å². The molecule has 1 amide bonds. The SMILES string of the molecule is Cc1nc(C)c(-c2ccc3c(=O)n(-c4ccc(Cl)c5c(NS(C)(=O)=O)nn(C)c45)c([C@H](Cc4cc(F)cc(F)c4)NC(=O)Cn4nc(C(F)F)c5c4C(F)(F)[C@@H]4C[C@H]54)nc3c2)s1. The number of hydrogen-bond acceptors (Lipinski definition) is 9. The number of aryl methyl sites for hydroxylation is 3.